The Morgan fingerprint density at radius 3 is 1.26 bits per heavy atom. The summed E-state index contributed by atoms with van der Waals surface area (Å²) >= 11 is 0. The molecule has 0 nitrogen and oxygen atoms in total. The van der Waals surface area contributed by atoms with E-state index in [-0.39, 0.29) is 5.41 Å². The van der Waals surface area contributed by atoms with E-state index in [0.29, 0.717) is 0 Å². The number of fused-ring (bicyclic) bond motifs is 8. The average Bonchev–Trinajstić information content (AvgIpc) is 1.28. The Bertz CT molecular complexity index is 5080. The summed E-state index contributed by atoms with van der Waals surface area (Å²) < 4.78 is 0. The average molecular weight is 1190 g/mol. The van der Waals surface area contributed by atoms with Crippen LogP contribution in [0.4, 0.5) is 0 Å². The maximum absolute atomic E-state index is 2.33. The lowest BCUT2D eigenvalue weighted by Crippen LogP contribution is -2.14. The third-order valence-corrected chi connectivity index (χ3v) is 18.1. The van der Waals surface area contributed by atoms with E-state index in [1.807, 2.05) is 24.3 Å². The molecule has 0 atom stereocenters. The number of rotatable bonds is 1. The first kappa shape index (κ1) is 61.6. The molecule has 0 spiro atoms. The van der Waals surface area contributed by atoms with E-state index in [1.165, 1.54) is 159 Å². The molecule has 0 heterocycles. The van der Waals surface area contributed by atoms with Gasteiger partial charge < -0.3 is 0 Å². The summed E-state index contributed by atoms with van der Waals surface area (Å²) in [5.74, 6) is 0. The number of hydrogen-bond donors (Lipinski definition) is 0. The van der Waals surface area contributed by atoms with Crippen LogP contribution in [0, 0.1) is 48.5 Å². The quantitative estimate of drug-likeness (QED) is 0.144. The Morgan fingerprint density at radius 1 is 0.196 bits per heavy atom. The van der Waals surface area contributed by atoms with Crippen LogP contribution >= 0.6 is 0 Å². The first-order chi connectivity index (χ1) is 44.8. The van der Waals surface area contributed by atoms with Crippen molar-refractivity contribution in [3.05, 3.63) is 372 Å². The first-order valence-corrected chi connectivity index (χ1v) is 32.3. The molecule has 92 heavy (non-hydrogen) atoms. The molecule has 0 amide bonds. The highest BCUT2D eigenvalue weighted by Gasteiger charge is 2.34. The second-order valence-corrected chi connectivity index (χ2v) is 25.3. The number of benzene rings is 16. The normalized spacial score (nSPS) is 11.6. The molecule has 0 saturated heterocycles. The monoisotopic (exact) mass is 1180 g/mol. The van der Waals surface area contributed by atoms with E-state index < -0.39 is 0 Å². The van der Waals surface area contributed by atoms with Gasteiger partial charge in [0.2, 0.25) is 0 Å². The lowest BCUT2D eigenvalue weighted by molar-refractivity contribution is 0.660. The molecule has 0 radical (unpaired) electrons. The third kappa shape index (κ3) is 13.4. The summed E-state index contributed by atoms with van der Waals surface area (Å²) in [5, 5.41) is 16.3. The van der Waals surface area contributed by atoms with Gasteiger partial charge in [0.1, 0.15) is 0 Å². The van der Waals surface area contributed by atoms with Crippen molar-refractivity contribution in [2.45, 2.75) is 67.7 Å². The SMILES string of the molecule is Cc1cc2ccc3cccc4ccc(c1)c2c34.Cc1ccc(-c2ccccc2)cc1.Cc1ccc2c(c1)C(C)(C)c1ccccc1-2.Cc1ccc2c3c(cccc13)-c1ccccc1-2.Cc1ccc2ccccc2c1.Cc1cccc2ccccc12.Cc1ccccc1. The highest BCUT2D eigenvalue weighted by Crippen LogP contribution is 2.49. The summed E-state index contributed by atoms with van der Waals surface area (Å²) in [6, 6.07) is 114. The van der Waals surface area contributed by atoms with Crippen molar-refractivity contribution < 1.29 is 0 Å². The van der Waals surface area contributed by atoms with Crippen LogP contribution in [0.5, 0.6) is 0 Å². The maximum Gasteiger partial charge on any atom is 0.0158 e. The molecule has 0 fully saturated rings. The van der Waals surface area contributed by atoms with E-state index in [9.17, 15) is 0 Å². The molecule has 0 aliphatic heterocycles. The second-order valence-electron chi connectivity index (χ2n) is 25.3. The van der Waals surface area contributed by atoms with Crippen molar-refractivity contribution in [2.75, 3.05) is 0 Å². The minimum absolute atomic E-state index is 0.151. The maximum atomic E-state index is 2.33. The van der Waals surface area contributed by atoms with E-state index >= 15 is 0 Å². The molecule has 0 heteroatoms. The van der Waals surface area contributed by atoms with Crippen LogP contribution in [0.15, 0.2) is 322 Å². The summed E-state index contributed by atoms with van der Waals surface area (Å²) in [7, 11) is 0. The van der Waals surface area contributed by atoms with Crippen LogP contribution < -0.4 is 0 Å². The molecule has 18 rings (SSSR count). The fourth-order valence-electron chi connectivity index (χ4n) is 13.3. The smallest absolute Gasteiger partial charge is 0.0158 e. The predicted molar refractivity (Wildman–Crippen MR) is 402 cm³/mol. The molecular weight excluding hydrogens is 1110 g/mol. The predicted octanol–water partition coefficient (Wildman–Crippen LogP) is 25.9. The number of aryl methyl sites for hydroxylation is 7. The van der Waals surface area contributed by atoms with Crippen LogP contribution in [0.2, 0.25) is 0 Å². The van der Waals surface area contributed by atoms with Gasteiger partial charge >= 0.3 is 0 Å². The summed E-state index contributed by atoms with van der Waals surface area (Å²) in [6.45, 7) is 19.6. The zero-order valence-corrected chi connectivity index (χ0v) is 54.6. The van der Waals surface area contributed by atoms with E-state index in [4.69, 9.17) is 0 Å². The summed E-state index contributed by atoms with van der Waals surface area (Å²) in [5.41, 5.74) is 23.3. The number of hydrogen-bond acceptors (Lipinski definition) is 0. The van der Waals surface area contributed by atoms with Gasteiger partial charge in [-0.05, 0) is 185 Å². The summed E-state index contributed by atoms with van der Waals surface area (Å²) in [6.07, 6.45) is 0. The highest BCUT2D eigenvalue weighted by atomic mass is 14.4. The van der Waals surface area contributed by atoms with Crippen LogP contribution in [-0.4, -0.2) is 0 Å². The third-order valence-electron chi connectivity index (χ3n) is 18.1. The minimum Gasteiger partial charge on any atom is -0.0622 e. The molecule has 16 aromatic rings. The van der Waals surface area contributed by atoms with Gasteiger partial charge in [0.25, 0.3) is 0 Å². The van der Waals surface area contributed by atoms with Crippen molar-refractivity contribution in [1.29, 1.82) is 0 Å². The van der Waals surface area contributed by atoms with Gasteiger partial charge in [0, 0.05) is 5.41 Å². The molecule has 448 valence electrons. The summed E-state index contributed by atoms with van der Waals surface area (Å²) in [4.78, 5) is 0. The lowest BCUT2D eigenvalue weighted by Gasteiger charge is -2.21. The molecule has 2 aliphatic carbocycles. The highest BCUT2D eigenvalue weighted by molar-refractivity contribution is 6.23. The van der Waals surface area contributed by atoms with E-state index in [2.05, 4.69) is 360 Å². The molecule has 2 aliphatic rings. The second kappa shape index (κ2) is 27.6. The molecule has 16 aromatic carbocycles. The topological polar surface area (TPSA) is 0 Å². The van der Waals surface area contributed by atoms with Crippen molar-refractivity contribution in [3.63, 3.8) is 0 Å². The van der Waals surface area contributed by atoms with E-state index in [1.54, 1.807) is 0 Å². The molecule has 0 unspecified atom stereocenters. The Labute approximate surface area is 545 Å². The van der Waals surface area contributed by atoms with Crippen molar-refractivity contribution in [2.24, 2.45) is 0 Å². The van der Waals surface area contributed by atoms with Gasteiger partial charge in [-0.15, -0.1) is 0 Å². The van der Waals surface area contributed by atoms with Gasteiger partial charge in [-0.2, -0.15) is 0 Å². The standard InChI is InChI=1S/2C17H12.C16H16.C13H12.2C11H10.C7H8/c1-11-9-10-16-14-6-3-2-5-13(14)15-8-4-7-12(11)17(15)16;1-11-9-14-7-5-12-3-2-4-13-6-8-15(10-11)17(14)16(12)13;1-11-8-9-13-12-6-4-5-7-14(12)16(2,3)15(13)10-11;1-11-7-9-13(10-8-11)12-5-3-2-4-6-12;1-9-5-4-7-10-6-2-3-8-11(9)10;1-9-6-7-10-4-2-3-5-11(10)8-9;1-7-5-3-2-4-6-7/h2*2-10H,1H3;4-10H,1-3H3;2-10H,1H3;2*2-8H,1H3;2-6H,1H3. The van der Waals surface area contributed by atoms with Gasteiger partial charge in [-0.3, -0.25) is 0 Å². The minimum atomic E-state index is 0.151. The lowest BCUT2D eigenvalue weighted by atomic mass is 9.82. The van der Waals surface area contributed by atoms with Gasteiger partial charge in [0.05, 0.1) is 0 Å². The Kier molecular flexibility index (Phi) is 18.5. The van der Waals surface area contributed by atoms with Gasteiger partial charge in [-0.25, -0.2) is 0 Å². The largest absolute Gasteiger partial charge is 0.0622 e. The zero-order chi connectivity index (χ0) is 63.7. The molecular formula is C92H80. The van der Waals surface area contributed by atoms with Gasteiger partial charge in [-0.1, -0.05) is 358 Å². The van der Waals surface area contributed by atoms with Crippen LogP contribution in [0.25, 0.3) is 109 Å². The fraction of sp³-hybridized carbons (Fsp3) is 0.109. The Balaban J connectivity index is 0.000000105. The molecule has 0 saturated carbocycles. The van der Waals surface area contributed by atoms with Crippen LogP contribution in [-0.2, 0) is 5.41 Å². The first-order valence-electron chi connectivity index (χ1n) is 32.3. The Morgan fingerprint density at radius 2 is 0.598 bits per heavy atom. The molecule has 0 N–H and O–H groups in total. The van der Waals surface area contributed by atoms with Crippen molar-refractivity contribution >= 4 is 64.6 Å². The molecule has 0 bridgehead atoms. The van der Waals surface area contributed by atoms with Crippen LogP contribution in [0.1, 0.15) is 63.9 Å². The van der Waals surface area contributed by atoms with E-state index in [0.717, 1.165) is 0 Å². The van der Waals surface area contributed by atoms with Crippen molar-refractivity contribution in [3.8, 4) is 44.5 Å². The van der Waals surface area contributed by atoms with Gasteiger partial charge in [0.15, 0.2) is 0 Å². The van der Waals surface area contributed by atoms with Crippen molar-refractivity contribution in [1.82, 2.24) is 0 Å². The van der Waals surface area contributed by atoms with Crippen LogP contribution in [0.3, 0.4) is 0 Å². The zero-order valence-electron chi connectivity index (χ0n) is 54.6. The fourth-order valence-corrected chi connectivity index (χ4v) is 13.3. The Hall–Kier alpha value is -10.7. The molecule has 0 aromatic heterocycles.